The van der Waals surface area contributed by atoms with Gasteiger partial charge in [0.15, 0.2) is 0 Å². The van der Waals surface area contributed by atoms with Crippen molar-refractivity contribution in [3.63, 3.8) is 0 Å². The molecule has 0 spiro atoms. The van der Waals surface area contributed by atoms with Crippen LogP contribution in [0, 0.1) is 23.2 Å². The first-order chi connectivity index (χ1) is 7.86. The maximum absolute atomic E-state index is 12.1. The molecular weight excluding hydrogens is 240 g/mol. The highest BCUT2D eigenvalue weighted by molar-refractivity contribution is 6.26. The van der Waals surface area contributed by atoms with Gasteiger partial charge in [-0.2, -0.15) is 0 Å². The molecule has 4 atom stereocenters. The van der Waals surface area contributed by atoms with Crippen LogP contribution in [0.3, 0.4) is 0 Å². The number of Topliss-reactive ketones (excluding diaryl/α,β-unsaturated/α-hetero) is 1. The van der Waals surface area contributed by atoms with Gasteiger partial charge in [0.05, 0.1) is 5.92 Å². The van der Waals surface area contributed by atoms with E-state index >= 15 is 0 Å². The van der Waals surface area contributed by atoms with Gasteiger partial charge in [0.25, 0.3) is 0 Å². The van der Waals surface area contributed by atoms with E-state index in [0.29, 0.717) is 5.92 Å². The lowest BCUT2D eigenvalue weighted by Gasteiger charge is -2.53. The van der Waals surface area contributed by atoms with Crippen molar-refractivity contribution in [2.24, 2.45) is 23.2 Å². The number of carbonyl (C=O) groups is 2. The van der Waals surface area contributed by atoms with Crippen molar-refractivity contribution in [3.05, 3.63) is 0 Å². The van der Waals surface area contributed by atoms with Gasteiger partial charge >= 0.3 is 5.97 Å². The molecule has 3 nitrogen and oxygen atoms in total. The van der Waals surface area contributed by atoms with E-state index in [2.05, 4.69) is 13.8 Å². The van der Waals surface area contributed by atoms with Crippen LogP contribution in [0.5, 0.6) is 0 Å². The van der Waals surface area contributed by atoms with Crippen LogP contribution in [-0.4, -0.2) is 23.7 Å². The molecule has 96 valence electrons. The highest BCUT2D eigenvalue weighted by atomic mass is 35.5. The first-order valence-corrected chi connectivity index (χ1v) is 6.69. The summed E-state index contributed by atoms with van der Waals surface area (Å²) < 4.78 is 5.29. The van der Waals surface area contributed by atoms with Crippen LogP contribution >= 0.6 is 11.6 Å². The third kappa shape index (κ3) is 2.10. The number of ether oxygens (including phenoxy) is 1. The molecule has 3 aliphatic carbocycles. The standard InChI is InChI=1S/C13H19ClO3/c1-7-9-4-10(17-11(15)6-14)8(12(7)16)5-13(9,2)3/h7-10H,4-6H2,1-3H3/t7-,8-,9-,10+/m0/s1. The fourth-order valence-corrected chi connectivity index (χ4v) is 3.68. The Hall–Kier alpha value is -0.570. The van der Waals surface area contributed by atoms with E-state index in [1.807, 2.05) is 6.92 Å². The van der Waals surface area contributed by atoms with E-state index in [9.17, 15) is 9.59 Å². The molecule has 0 aromatic carbocycles. The van der Waals surface area contributed by atoms with E-state index in [0.717, 1.165) is 12.8 Å². The summed E-state index contributed by atoms with van der Waals surface area (Å²) in [7, 11) is 0. The molecular formula is C13H19ClO3. The molecule has 4 heteroatoms. The summed E-state index contributed by atoms with van der Waals surface area (Å²) in [5.41, 5.74) is 0.169. The van der Waals surface area contributed by atoms with Gasteiger partial charge < -0.3 is 4.74 Å². The number of hydrogen-bond donors (Lipinski definition) is 0. The molecule has 0 aromatic rings. The average Bonchev–Trinajstić information content (AvgIpc) is 2.26. The maximum atomic E-state index is 12.1. The van der Waals surface area contributed by atoms with Crippen LogP contribution in [-0.2, 0) is 14.3 Å². The zero-order valence-electron chi connectivity index (χ0n) is 10.5. The number of hydrogen-bond acceptors (Lipinski definition) is 3. The molecule has 3 rings (SSSR count). The van der Waals surface area contributed by atoms with Crippen molar-refractivity contribution in [2.45, 2.75) is 39.7 Å². The van der Waals surface area contributed by atoms with E-state index in [-0.39, 0.29) is 35.0 Å². The van der Waals surface area contributed by atoms with Gasteiger partial charge in [0, 0.05) is 5.92 Å². The lowest BCUT2D eigenvalue weighted by atomic mass is 9.52. The van der Waals surface area contributed by atoms with Gasteiger partial charge in [-0.25, -0.2) is 0 Å². The van der Waals surface area contributed by atoms with Crippen molar-refractivity contribution in [1.29, 1.82) is 0 Å². The average molecular weight is 259 g/mol. The summed E-state index contributed by atoms with van der Waals surface area (Å²) in [5, 5.41) is 0. The van der Waals surface area contributed by atoms with Gasteiger partial charge in [-0.05, 0) is 24.2 Å². The van der Waals surface area contributed by atoms with E-state index < -0.39 is 5.97 Å². The third-order valence-electron chi connectivity index (χ3n) is 4.49. The minimum atomic E-state index is -0.414. The Morgan fingerprint density at radius 1 is 1.53 bits per heavy atom. The number of rotatable bonds is 2. The smallest absolute Gasteiger partial charge is 0.321 e. The minimum absolute atomic E-state index is 0.0923. The van der Waals surface area contributed by atoms with Crippen LogP contribution in [0.4, 0.5) is 0 Å². The molecule has 0 unspecified atom stereocenters. The lowest BCUT2D eigenvalue weighted by Crippen LogP contribution is -2.56. The summed E-state index contributed by atoms with van der Waals surface area (Å²) in [6.45, 7) is 6.40. The summed E-state index contributed by atoms with van der Waals surface area (Å²) in [4.78, 5) is 23.4. The Kier molecular flexibility index (Phi) is 3.23. The molecule has 3 saturated carbocycles. The van der Waals surface area contributed by atoms with Gasteiger partial charge in [-0.3, -0.25) is 9.59 Å². The molecule has 17 heavy (non-hydrogen) atoms. The van der Waals surface area contributed by atoms with Crippen molar-refractivity contribution in [3.8, 4) is 0 Å². The summed E-state index contributed by atoms with van der Waals surface area (Å²) in [6.07, 6.45) is 1.37. The Bertz CT molecular complexity index is 351. The van der Waals surface area contributed by atoms with E-state index in [4.69, 9.17) is 16.3 Å². The largest absolute Gasteiger partial charge is 0.461 e. The number of ketones is 1. The number of carbonyl (C=O) groups excluding carboxylic acids is 2. The van der Waals surface area contributed by atoms with Crippen molar-refractivity contribution in [2.75, 3.05) is 5.88 Å². The lowest BCUT2D eigenvalue weighted by molar-refractivity contribution is -0.172. The quantitative estimate of drug-likeness (QED) is 0.564. The molecule has 0 heterocycles. The van der Waals surface area contributed by atoms with E-state index in [1.54, 1.807) is 0 Å². The van der Waals surface area contributed by atoms with Crippen LogP contribution < -0.4 is 0 Å². The van der Waals surface area contributed by atoms with Crippen molar-refractivity contribution >= 4 is 23.4 Å². The highest BCUT2D eigenvalue weighted by Crippen LogP contribution is 2.53. The fourth-order valence-electron chi connectivity index (χ4n) is 3.61. The van der Waals surface area contributed by atoms with Crippen molar-refractivity contribution in [1.82, 2.24) is 0 Å². The van der Waals surface area contributed by atoms with E-state index in [1.165, 1.54) is 0 Å². The molecule has 3 aliphatic rings. The number of alkyl halides is 1. The summed E-state index contributed by atoms with van der Waals surface area (Å²) in [5.74, 6) is -0.0171. The molecule has 0 aliphatic heterocycles. The number of fused-ring (bicyclic) bond motifs is 3. The molecule has 0 saturated heterocycles. The summed E-state index contributed by atoms with van der Waals surface area (Å²) >= 11 is 5.43. The zero-order valence-corrected chi connectivity index (χ0v) is 11.3. The molecule has 0 amide bonds. The second kappa shape index (κ2) is 4.27. The Balaban J connectivity index is 2.17. The topological polar surface area (TPSA) is 43.4 Å². The molecule has 0 radical (unpaired) electrons. The van der Waals surface area contributed by atoms with Gasteiger partial charge in [-0.15, -0.1) is 11.6 Å². The third-order valence-corrected chi connectivity index (χ3v) is 4.71. The van der Waals surface area contributed by atoms with Crippen LogP contribution in [0.25, 0.3) is 0 Å². The first-order valence-electron chi connectivity index (χ1n) is 6.16. The monoisotopic (exact) mass is 258 g/mol. The minimum Gasteiger partial charge on any atom is -0.461 e. The zero-order chi connectivity index (χ0) is 12.8. The second-order valence-corrected chi connectivity index (χ2v) is 6.26. The predicted molar refractivity (Wildman–Crippen MR) is 64.8 cm³/mol. The predicted octanol–water partition coefficient (Wildman–Crippen LogP) is 2.41. The van der Waals surface area contributed by atoms with Gasteiger partial charge in [0.2, 0.25) is 0 Å². The van der Waals surface area contributed by atoms with Crippen LogP contribution in [0.1, 0.15) is 33.6 Å². The molecule has 3 fully saturated rings. The maximum Gasteiger partial charge on any atom is 0.321 e. The Morgan fingerprint density at radius 3 is 2.76 bits per heavy atom. The second-order valence-electron chi connectivity index (χ2n) is 5.99. The van der Waals surface area contributed by atoms with Crippen molar-refractivity contribution < 1.29 is 14.3 Å². The summed E-state index contributed by atoms with van der Waals surface area (Å²) in [6, 6.07) is 0. The normalized spacial score (nSPS) is 39.2. The van der Waals surface area contributed by atoms with Gasteiger partial charge in [-0.1, -0.05) is 20.8 Å². The Labute approximate surface area is 107 Å². The highest BCUT2D eigenvalue weighted by Gasteiger charge is 2.55. The van der Waals surface area contributed by atoms with Gasteiger partial charge in [0.1, 0.15) is 17.8 Å². The molecule has 0 aromatic heterocycles. The first kappa shape index (κ1) is 12.9. The number of esters is 1. The molecule has 2 bridgehead atoms. The van der Waals surface area contributed by atoms with Crippen LogP contribution in [0.2, 0.25) is 0 Å². The SMILES string of the molecule is C[C@@H]1C(=O)[C@H]2CC(C)(C)[C@H]1C[C@H]2OC(=O)CCl. The number of halogens is 1. The fraction of sp³-hybridized carbons (Fsp3) is 0.846. The Morgan fingerprint density at radius 2 is 2.18 bits per heavy atom. The van der Waals surface area contributed by atoms with Crippen LogP contribution in [0.15, 0.2) is 0 Å². The molecule has 0 N–H and O–H groups in total.